The van der Waals surface area contributed by atoms with Gasteiger partial charge in [0.25, 0.3) is 0 Å². The summed E-state index contributed by atoms with van der Waals surface area (Å²) in [5, 5.41) is 5.68. The van der Waals surface area contributed by atoms with E-state index in [1.165, 1.54) is 18.5 Å². The van der Waals surface area contributed by atoms with Crippen molar-refractivity contribution in [2.75, 3.05) is 13.2 Å². The number of nitrogens with zero attached hydrogens (tertiary/aromatic N) is 1. The van der Waals surface area contributed by atoms with Gasteiger partial charge in [0, 0.05) is 37.5 Å². The molecule has 2 N–H and O–H groups in total. The Bertz CT molecular complexity index is 451. The molecule has 2 amide bonds. The van der Waals surface area contributed by atoms with Gasteiger partial charge >= 0.3 is 6.03 Å². The summed E-state index contributed by atoms with van der Waals surface area (Å²) in [6, 6.07) is 3.96. The second-order valence-electron chi connectivity index (χ2n) is 5.56. The molecule has 1 aromatic rings. The second kappa shape index (κ2) is 6.22. The van der Waals surface area contributed by atoms with Crippen LogP contribution in [0.15, 0.2) is 18.3 Å². The second-order valence-corrected chi connectivity index (χ2v) is 5.56. The van der Waals surface area contributed by atoms with E-state index in [0.29, 0.717) is 19.0 Å². The van der Waals surface area contributed by atoms with E-state index in [1.54, 1.807) is 0 Å². The van der Waals surface area contributed by atoms with Crippen molar-refractivity contribution in [1.29, 1.82) is 0 Å². The van der Waals surface area contributed by atoms with Crippen LogP contribution in [0, 0.1) is 0 Å². The van der Waals surface area contributed by atoms with Crippen molar-refractivity contribution < 1.29 is 9.53 Å². The summed E-state index contributed by atoms with van der Waals surface area (Å²) in [4.78, 5) is 16.1. The molecule has 1 atom stereocenters. The SMILES string of the molecule is O=C(NCc1ccc(C2CC2)nc1)NC[C@@H]1CCCO1. The van der Waals surface area contributed by atoms with Crippen molar-refractivity contribution >= 4 is 6.03 Å². The molecule has 0 spiro atoms. The zero-order chi connectivity index (χ0) is 13.8. The quantitative estimate of drug-likeness (QED) is 0.863. The maximum absolute atomic E-state index is 11.7. The highest BCUT2D eigenvalue weighted by molar-refractivity contribution is 5.73. The highest BCUT2D eigenvalue weighted by atomic mass is 16.5. The Kier molecular flexibility index (Phi) is 4.16. The van der Waals surface area contributed by atoms with Crippen LogP contribution in [-0.4, -0.2) is 30.3 Å². The van der Waals surface area contributed by atoms with Gasteiger partial charge in [0.15, 0.2) is 0 Å². The Labute approximate surface area is 119 Å². The number of ether oxygens (including phenoxy) is 1. The monoisotopic (exact) mass is 275 g/mol. The maximum Gasteiger partial charge on any atom is 0.315 e. The Morgan fingerprint density at radius 1 is 1.30 bits per heavy atom. The Morgan fingerprint density at radius 2 is 2.20 bits per heavy atom. The number of amides is 2. The van der Waals surface area contributed by atoms with Crippen molar-refractivity contribution in [2.24, 2.45) is 0 Å². The topological polar surface area (TPSA) is 63.2 Å². The minimum Gasteiger partial charge on any atom is -0.376 e. The summed E-state index contributed by atoms with van der Waals surface area (Å²) >= 11 is 0. The molecule has 1 aliphatic carbocycles. The summed E-state index contributed by atoms with van der Waals surface area (Å²) in [6.07, 6.45) is 6.68. The molecule has 108 valence electrons. The predicted octanol–water partition coefficient (Wildman–Crippen LogP) is 1.94. The van der Waals surface area contributed by atoms with Gasteiger partial charge in [0.05, 0.1) is 6.10 Å². The molecule has 2 fully saturated rings. The third kappa shape index (κ3) is 3.70. The number of rotatable bonds is 5. The molecule has 5 nitrogen and oxygen atoms in total. The van der Waals surface area contributed by atoms with Gasteiger partial charge in [0.1, 0.15) is 0 Å². The van der Waals surface area contributed by atoms with Gasteiger partial charge in [-0.1, -0.05) is 6.07 Å². The lowest BCUT2D eigenvalue weighted by Gasteiger charge is -2.11. The Balaban J connectivity index is 1.38. The normalized spacial score (nSPS) is 21.7. The van der Waals surface area contributed by atoms with E-state index < -0.39 is 0 Å². The molecule has 2 heterocycles. The summed E-state index contributed by atoms with van der Waals surface area (Å²) in [7, 11) is 0. The van der Waals surface area contributed by atoms with E-state index in [-0.39, 0.29) is 12.1 Å². The number of urea groups is 1. The van der Waals surface area contributed by atoms with Crippen LogP contribution in [0.2, 0.25) is 0 Å². The van der Waals surface area contributed by atoms with Crippen LogP contribution in [0.4, 0.5) is 4.79 Å². The van der Waals surface area contributed by atoms with Crippen LogP contribution in [0.25, 0.3) is 0 Å². The van der Waals surface area contributed by atoms with Crippen molar-refractivity contribution in [3.8, 4) is 0 Å². The van der Waals surface area contributed by atoms with Crippen molar-refractivity contribution in [3.05, 3.63) is 29.6 Å². The number of nitrogens with one attached hydrogen (secondary N) is 2. The summed E-state index contributed by atoms with van der Waals surface area (Å²) in [6.45, 7) is 1.91. The van der Waals surface area contributed by atoms with E-state index >= 15 is 0 Å². The molecular formula is C15H21N3O2. The molecular weight excluding hydrogens is 254 g/mol. The van der Waals surface area contributed by atoms with Crippen molar-refractivity contribution in [2.45, 2.75) is 44.2 Å². The van der Waals surface area contributed by atoms with Crippen LogP contribution < -0.4 is 10.6 Å². The molecule has 0 unspecified atom stereocenters. The molecule has 0 bridgehead atoms. The van der Waals surface area contributed by atoms with E-state index in [9.17, 15) is 4.79 Å². The average Bonchev–Trinajstić information content (AvgIpc) is 3.20. The van der Waals surface area contributed by atoms with Crippen LogP contribution in [0.5, 0.6) is 0 Å². The molecule has 1 saturated heterocycles. The number of pyridine rings is 1. The van der Waals surface area contributed by atoms with Gasteiger partial charge in [0.2, 0.25) is 0 Å². The zero-order valence-corrected chi connectivity index (χ0v) is 11.6. The first-order chi connectivity index (χ1) is 9.81. The van der Waals surface area contributed by atoms with E-state index in [4.69, 9.17) is 4.74 Å². The lowest BCUT2D eigenvalue weighted by Crippen LogP contribution is -2.39. The number of aromatic nitrogens is 1. The van der Waals surface area contributed by atoms with Crippen molar-refractivity contribution in [1.82, 2.24) is 15.6 Å². The Morgan fingerprint density at radius 3 is 2.85 bits per heavy atom. The molecule has 0 aromatic carbocycles. The van der Waals surface area contributed by atoms with E-state index in [0.717, 1.165) is 25.0 Å². The van der Waals surface area contributed by atoms with E-state index in [2.05, 4.69) is 21.7 Å². The maximum atomic E-state index is 11.7. The number of hydrogen-bond acceptors (Lipinski definition) is 3. The van der Waals surface area contributed by atoms with Crippen LogP contribution in [0.3, 0.4) is 0 Å². The largest absolute Gasteiger partial charge is 0.376 e. The lowest BCUT2D eigenvalue weighted by atomic mass is 10.2. The fourth-order valence-corrected chi connectivity index (χ4v) is 2.42. The van der Waals surface area contributed by atoms with Crippen LogP contribution in [0.1, 0.15) is 42.9 Å². The van der Waals surface area contributed by atoms with Crippen molar-refractivity contribution in [3.63, 3.8) is 0 Å². The molecule has 3 rings (SSSR count). The van der Waals surface area contributed by atoms with Gasteiger partial charge in [-0.25, -0.2) is 4.79 Å². The summed E-state index contributed by atoms with van der Waals surface area (Å²) in [5.74, 6) is 0.673. The first kappa shape index (κ1) is 13.4. The number of carbonyl (C=O) groups is 1. The van der Waals surface area contributed by atoms with E-state index in [1.807, 2.05) is 12.3 Å². The van der Waals surface area contributed by atoms with Gasteiger partial charge in [-0.2, -0.15) is 0 Å². The third-order valence-electron chi connectivity index (χ3n) is 3.81. The molecule has 20 heavy (non-hydrogen) atoms. The minimum absolute atomic E-state index is 0.147. The molecule has 5 heteroatoms. The molecule has 1 saturated carbocycles. The predicted molar refractivity (Wildman–Crippen MR) is 75.4 cm³/mol. The van der Waals surface area contributed by atoms with Crippen LogP contribution in [-0.2, 0) is 11.3 Å². The number of hydrogen-bond donors (Lipinski definition) is 2. The van der Waals surface area contributed by atoms with Gasteiger partial charge in [-0.15, -0.1) is 0 Å². The molecule has 1 aromatic heterocycles. The highest BCUT2D eigenvalue weighted by Gasteiger charge is 2.24. The molecule has 0 radical (unpaired) electrons. The molecule has 1 aliphatic heterocycles. The van der Waals surface area contributed by atoms with Crippen LogP contribution >= 0.6 is 0 Å². The third-order valence-corrected chi connectivity index (χ3v) is 3.81. The summed E-state index contributed by atoms with van der Waals surface area (Å²) in [5.41, 5.74) is 2.21. The smallest absolute Gasteiger partial charge is 0.315 e. The molecule has 2 aliphatic rings. The zero-order valence-electron chi connectivity index (χ0n) is 11.6. The standard InChI is InChI=1S/C15H21N3O2/c19-15(18-10-13-2-1-7-20-13)17-9-11-3-6-14(16-8-11)12-4-5-12/h3,6,8,12-13H,1-2,4-5,7,9-10H2,(H2,17,18,19)/t13-/m0/s1. The highest BCUT2D eigenvalue weighted by Crippen LogP contribution is 2.38. The first-order valence-corrected chi connectivity index (χ1v) is 7.39. The minimum atomic E-state index is -0.147. The fourth-order valence-electron chi connectivity index (χ4n) is 2.42. The lowest BCUT2D eigenvalue weighted by molar-refractivity contribution is 0.111. The van der Waals surface area contributed by atoms with Gasteiger partial charge < -0.3 is 15.4 Å². The first-order valence-electron chi connectivity index (χ1n) is 7.39. The Hall–Kier alpha value is -1.62. The summed E-state index contributed by atoms with van der Waals surface area (Å²) < 4.78 is 5.46. The van der Waals surface area contributed by atoms with Gasteiger partial charge in [-0.05, 0) is 37.3 Å². The number of carbonyl (C=O) groups excluding carboxylic acids is 1. The average molecular weight is 275 g/mol. The fraction of sp³-hybridized carbons (Fsp3) is 0.600. The van der Waals surface area contributed by atoms with Gasteiger partial charge in [-0.3, -0.25) is 4.98 Å².